The van der Waals surface area contributed by atoms with Crippen molar-refractivity contribution in [2.75, 3.05) is 31.3 Å². The van der Waals surface area contributed by atoms with Crippen LogP contribution < -0.4 is 9.81 Å². The first-order valence-corrected chi connectivity index (χ1v) is 9.88. The Bertz CT molecular complexity index is 901. The van der Waals surface area contributed by atoms with Crippen molar-refractivity contribution in [3.63, 3.8) is 0 Å². The molecular formula is C19H19Br2N3OS. The van der Waals surface area contributed by atoms with Crippen LogP contribution in [-0.4, -0.2) is 31.0 Å². The molecule has 1 saturated heterocycles. The zero-order chi connectivity index (χ0) is 17.1. The van der Waals surface area contributed by atoms with Gasteiger partial charge in [-0.2, -0.15) is 0 Å². The highest BCUT2D eigenvalue weighted by Crippen LogP contribution is 2.23. The van der Waals surface area contributed by atoms with Gasteiger partial charge in [-0.05, 0) is 24.3 Å². The van der Waals surface area contributed by atoms with E-state index in [1.54, 1.807) is 11.3 Å². The molecule has 0 radical (unpaired) electrons. The summed E-state index contributed by atoms with van der Waals surface area (Å²) in [6.45, 7) is 3.21. The van der Waals surface area contributed by atoms with E-state index in [0.717, 1.165) is 47.0 Å². The smallest absolute Gasteiger partial charge is 0.209 e. The van der Waals surface area contributed by atoms with Gasteiger partial charge in [-0.25, -0.2) is 9.67 Å². The summed E-state index contributed by atoms with van der Waals surface area (Å²) in [6, 6.07) is 18.5. The van der Waals surface area contributed by atoms with Crippen molar-refractivity contribution in [1.82, 2.24) is 4.68 Å². The molecule has 0 aliphatic carbocycles. The van der Waals surface area contributed by atoms with Gasteiger partial charge in [-0.15, -0.1) is 28.3 Å². The van der Waals surface area contributed by atoms with Gasteiger partial charge < -0.3 is 9.75 Å². The van der Waals surface area contributed by atoms with Gasteiger partial charge >= 0.3 is 0 Å². The number of hydrogen-bond donors (Lipinski definition) is 0. The topological polar surface area (TPSA) is 29.8 Å². The number of aromatic nitrogens is 1. The van der Waals surface area contributed by atoms with Crippen molar-refractivity contribution < 1.29 is 4.74 Å². The van der Waals surface area contributed by atoms with Crippen molar-refractivity contribution in [2.24, 2.45) is 4.99 Å². The van der Waals surface area contributed by atoms with Gasteiger partial charge in [0.2, 0.25) is 4.80 Å². The van der Waals surface area contributed by atoms with Gasteiger partial charge in [0.15, 0.2) is 0 Å². The Kier molecular flexibility index (Phi) is 6.69. The number of rotatable bonds is 3. The van der Waals surface area contributed by atoms with Crippen LogP contribution in [0.1, 0.15) is 0 Å². The zero-order valence-electron chi connectivity index (χ0n) is 14.0. The van der Waals surface area contributed by atoms with E-state index in [-0.39, 0.29) is 17.0 Å². The largest absolute Gasteiger partial charge is 0.378 e. The van der Waals surface area contributed by atoms with E-state index >= 15 is 0 Å². The third-order valence-electron chi connectivity index (χ3n) is 4.08. The molecule has 1 aliphatic rings. The molecule has 0 saturated carbocycles. The van der Waals surface area contributed by atoms with Gasteiger partial charge in [0.05, 0.1) is 37.7 Å². The maximum absolute atomic E-state index is 5.53. The van der Waals surface area contributed by atoms with Crippen molar-refractivity contribution in [3.05, 3.63) is 69.3 Å². The van der Waals surface area contributed by atoms with Crippen LogP contribution in [0.2, 0.25) is 0 Å². The molecule has 4 nitrogen and oxygen atoms in total. The lowest BCUT2D eigenvalue weighted by Gasteiger charge is -2.31. The Morgan fingerprint density at radius 1 is 0.962 bits per heavy atom. The maximum Gasteiger partial charge on any atom is 0.209 e. The van der Waals surface area contributed by atoms with Crippen LogP contribution in [0.25, 0.3) is 11.3 Å². The lowest BCUT2D eigenvalue weighted by Crippen LogP contribution is -2.48. The first kappa shape index (κ1) is 19.4. The Morgan fingerprint density at radius 3 is 2.35 bits per heavy atom. The van der Waals surface area contributed by atoms with Crippen LogP contribution >= 0.6 is 44.2 Å². The van der Waals surface area contributed by atoms with E-state index < -0.39 is 0 Å². The first-order chi connectivity index (χ1) is 12.3. The summed E-state index contributed by atoms with van der Waals surface area (Å²) in [4.78, 5) is 5.85. The fourth-order valence-electron chi connectivity index (χ4n) is 2.84. The van der Waals surface area contributed by atoms with Gasteiger partial charge in [0, 0.05) is 15.4 Å². The summed E-state index contributed by atoms with van der Waals surface area (Å²) < 4.78 is 8.85. The molecule has 1 fully saturated rings. The molecule has 2 heterocycles. The highest BCUT2D eigenvalue weighted by molar-refractivity contribution is 9.10. The Morgan fingerprint density at radius 2 is 1.65 bits per heavy atom. The number of halogens is 2. The second kappa shape index (κ2) is 8.99. The monoisotopic (exact) mass is 495 g/mol. The molecule has 2 aromatic carbocycles. The van der Waals surface area contributed by atoms with Crippen molar-refractivity contribution in [3.8, 4) is 11.3 Å². The fourth-order valence-corrected chi connectivity index (χ4v) is 4.03. The second-order valence-corrected chi connectivity index (χ2v) is 7.49. The minimum absolute atomic E-state index is 0. The number of thiazole rings is 1. The number of para-hydroxylation sites is 1. The highest BCUT2D eigenvalue weighted by atomic mass is 79.9. The summed E-state index contributed by atoms with van der Waals surface area (Å²) >= 11 is 5.18. The van der Waals surface area contributed by atoms with Gasteiger partial charge in [-0.3, -0.25) is 0 Å². The van der Waals surface area contributed by atoms with E-state index in [0.29, 0.717) is 0 Å². The van der Waals surface area contributed by atoms with Crippen LogP contribution in [0.3, 0.4) is 0 Å². The number of ether oxygens (including phenoxy) is 1. The van der Waals surface area contributed by atoms with Gasteiger partial charge in [0.1, 0.15) is 0 Å². The summed E-state index contributed by atoms with van der Waals surface area (Å²) in [5.74, 6) is 0. The maximum atomic E-state index is 5.53. The quantitative estimate of drug-likeness (QED) is 0.523. The number of morpholine rings is 1. The fraction of sp³-hybridized carbons (Fsp3) is 0.211. The number of benzene rings is 2. The number of nitrogens with zero attached hydrogens (tertiary/aromatic N) is 3. The van der Waals surface area contributed by atoms with Crippen molar-refractivity contribution >= 4 is 49.9 Å². The molecule has 3 aromatic rings. The highest BCUT2D eigenvalue weighted by Gasteiger charge is 2.17. The Labute approximate surface area is 175 Å². The molecule has 1 aliphatic heterocycles. The van der Waals surface area contributed by atoms with Crippen molar-refractivity contribution in [2.45, 2.75) is 0 Å². The minimum atomic E-state index is 0. The molecule has 136 valence electrons. The molecular weight excluding hydrogens is 478 g/mol. The molecule has 0 amide bonds. The number of hydrogen-bond acceptors (Lipinski definition) is 4. The molecule has 0 N–H and O–H groups in total. The van der Waals surface area contributed by atoms with Gasteiger partial charge in [0.25, 0.3) is 0 Å². The van der Waals surface area contributed by atoms with Crippen LogP contribution in [0, 0.1) is 0 Å². The van der Waals surface area contributed by atoms with Crippen molar-refractivity contribution in [1.29, 1.82) is 0 Å². The third kappa shape index (κ3) is 4.28. The normalized spacial score (nSPS) is 15.0. The van der Waals surface area contributed by atoms with E-state index in [1.165, 1.54) is 5.56 Å². The lowest BCUT2D eigenvalue weighted by molar-refractivity contribution is 0.111. The van der Waals surface area contributed by atoms with E-state index in [1.807, 2.05) is 30.3 Å². The van der Waals surface area contributed by atoms with Crippen LogP contribution in [0.4, 0.5) is 5.69 Å². The summed E-state index contributed by atoms with van der Waals surface area (Å²) in [7, 11) is 0. The zero-order valence-corrected chi connectivity index (χ0v) is 18.2. The molecule has 26 heavy (non-hydrogen) atoms. The summed E-state index contributed by atoms with van der Waals surface area (Å²) in [5.41, 5.74) is 3.31. The van der Waals surface area contributed by atoms with Crippen LogP contribution in [0.5, 0.6) is 0 Å². The SMILES string of the molecule is Br.Brc1ccc(-c2csc(=Nc3ccccc3)n2N2CCOCC2)cc1. The summed E-state index contributed by atoms with van der Waals surface area (Å²) in [5, 5.41) is 4.50. The van der Waals surface area contributed by atoms with E-state index in [2.05, 4.69) is 55.3 Å². The Balaban J connectivity index is 0.00000196. The third-order valence-corrected chi connectivity index (χ3v) is 5.42. The molecule has 0 atom stereocenters. The predicted octanol–water partition coefficient (Wildman–Crippen LogP) is 4.76. The summed E-state index contributed by atoms with van der Waals surface area (Å²) in [6.07, 6.45) is 0. The van der Waals surface area contributed by atoms with Gasteiger partial charge in [-0.1, -0.05) is 46.3 Å². The second-order valence-electron chi connectivity index (χ2n) is 5.74. The molecule has 0 unspecified atom stereocenters. The van der Waals surface area contributed by atoms with E-state index in [4.69, 9.17) is 9.73 Å². The average Bonchev–Trinajstić information content (AvgIpc) is 3.07. The predicted molar refractivity (Wildman–Crippen MR) is 116 cm³/mol. The molecule has 7 heteroatoms. The van der Waals surface area contributed by atoms with Crippen LogP contribution in [0.15, 0.2) is 69.4 Å². The average molecular weight is 497 g/mol. The minimum Gasteiger partial charge on any atom is -0.378 e. The standard InChI is InChI=1S/C19H18BrN3OS.BrH/c20-16-8-6-15(7-9-16)18-14-25-19(21-17-4-2-1-3-5-17)23(18)22-10-12-24-13-11-22;/h1-9,14H,10-13H2;1H. The van der Waals surface area contributed by atoms with Crippen LogP contribution in [-0.2, 0) is 4.74 Å². The molecule has 0 spiro atoms. The first-order valence-electron chi connectivity index (χ1n) is 8.20. The molecule has 4 rings (SSSR count). The van der Waals surface area contributed by atoms with E-state index in [9.17, 15) is 0 Å². The molecule has 0 bridgehead atoms. The Hall–Kier alpha value is -1.41. The molecule has 1 aromatic heterocycles. The lowest BCUT2D eigenvalue weighted by atomic mass is 10.2.